The van der Waals surface area contributed by atoms with Gasteiger partial charge in [-0.2, -0.15) is 5.10 Å². The largest absolute Gasteiger partial charge is 0.328 e. The van der Waals surface area contributed by atoms with Crippen molar-refractivity contribution in [2.45, 2.75) is 46.2 Å². The minimum absolute atomic E-state index is 0.174. The lowest BCUT2D eigenvalue weighted by atomic mass is 10.1. The van der Waals surface area contributed by atoms with E-state index in [0.29, 0.717) is 0 Å². The van der Waals surface area contributed by atoms with Gasteiger partial charge in [-0.25, -0.2) is 0 Å². The second kappa shape index (κ2) is 5.97. The van der Waals surface area contributed by atoms with Gasteiger partial charge in [-0.3, -0.25) is 9.67 Å². The van der Waals surface area contributed by atoms with Crippen LogP contribution >= 0.6 is 0 Å². The van der Waals surface area contributed by atoms with Gasteiger partial charge in [-0.1, -0.05) is 6.07 Å². The third-order valence-electron chi connectivity index (χ3n) is 3.39. The van der Waals surface area contributed by atoms with Crippen LogP contribution in [0.5, 0.6) is 0 Å². The van der Waals surface area contributed by atoms with Crippen LogP contribution in [0, 0.1) is 13.8 Å². The minimum atomic E-state index is 0.174. The third kappa shape index (κ3) is 3.41. The van der Waals surface area contributed by atoms with Crippen LogP contribution in [0.4, 0.5) is 0 Å². The van der Waals surface area contributed by atoms with E-state index in [2.05, 4.69) is 34.7 Å². The van der Waals surface area contributed by atoms with E-state index in [1.54, 1.807) is 6.20 Å². The van der Waals surface area contributed by atoms with E-state index in [0.717, 1.165) is 25.1 Å². The van der Waals surface area contributed by atoms with Crippen LogP contribution in [0.25, 0.3) is 0 Å². The molecule has 0 aliphatic carbocycles. The molecule has 0 fully saturated rings. The maximum Gasteiger partial charge on any atom is 0.0629 e. The molecule has 2 N–H and O–H groups in total. The number of nitrogens with two attached hydrogens (primary N) is 1. The van der Waals surface area contributed by atoms with Gasteiger partial charge in [-0.15, -0.1) is 0 Å². The van der Waals surface area contributed by atoms with Gasteiger partial charge in [0.25, 0.3) is 0 Å². The van der Waals surface area contributed by atoms with Crippen molar-refractivity contribution in [2.24, 2.45) is 5.73 Å². The van der Waals surface area contributed by atoms with Crippen LogP contribution in [0.1, 0.15) is 29.4 Å². The Morgan fingerprint density at radius 3 is 2.79 bits per heavy atom. The van der Waals surface area contributed by atoms with Crippen LogP contribution in [0.3, 0.4) is 0 Å². The first-order valence-electron chi connectivity index (χ1n) is 6.75. The summed E-state index contributed by atoms with van der Waals surface area (Å²) in [6.07, 6.45) is 5.56. The Bertz CT molecular complexity index is 529. The quantitative estimate of drug-likeness (QED) is 0.892. The topological polar surface area (TPSA) is 56.7 Å². The summed E-state index contributed by atoms with van der Waals surface area (Å²) in [5, 5.41) is 4.62. The predicted octanol–water partition coefficient (Wildman–Crippen LogP) is 2.03. The van der Waals surface area contributed by atoms with Gasteiger partial charge in [0.1, 0.15) is 0 Å². The molecule has 2 heterocycles. The van der Waals surface area contributed by atoms with E-state index < -0.39 is 0 Å². The molecule has 0 saturated heterocycles. The van der Waals surface area contributed by atoms with E-state index in [9.17, 15) is 0 Å². The lowest BCUT2D eigenvalue weighted by Gasteiger charge is -2.07. The van der Waals surface area contributed by atoms with Gasteiger partial charge in [0, 0.05) is 30.7 Å². The zero-order valence-corrected chi connectivity index (χ0v) is 11.9. The average Bonchev–Trinajstić information content (AvgIpc) is 2.65. The van der Waals surface area contributed by atoms with Gasteiger partial charge in [0.05, 0.1) is 5.69 Å². The SMILES string of the molecule is Cc1nn(CCc2cccnc2)c(C)c1CC(C)N. The molecule has 0 saturated carbocycles. The maximum absolute atomic E-state index is 5.89. The highest BCUT2D eigenvalue weighted by molar-refractivity contribution is 5.25. The normalized spacial score (nSPS) is 12.6. The third-order valence-corrected chi connectivity index (χ3v) is 3.39. The highest BCUT2D eigenvalue weighted by atomic mass is 15.3. The summed E-state index contributed by atoms with van der Waals surface area (Å²) in [7, 11) is 0. The van der Waals surface area contributed by atoms with Crippen molar-refractivity contribution in [3.05, 3.63) is 47.0 Å². The number of rotatable bonds is 5. The van der Waals surface area contributed by atoms with Crippen molar-refractivity contribution in [1.29, 1.82) is 0 Å². The molecule has 0 radical (unpaired) electrons. The van der Waals surface area contributed by atoms with Crippen LogP contribution < -0.4 is 5.73 Å². The van der Waals surface area contributed by atoms with Crippen LogP contribution in [-0.4, -0.2) is 20.8 Å². The molecular formula is C15H22N4. The number of pyridine rings is 1. The number of aryl methyl sites for hydroxylation is 3. The Kier molecular flexibility index (Phi) is 4.32. The molecule has 0 aliphatic heterocycles. The summed E-state index contributed by atoms with van der Waals surface area (Å²) in [6, 6.07) is 4.24. The molecule has 2 rings (SSSR count). The molecule has 4 nitrogen and oxygen atoms in total. The molecule has 0 amide bonds. The molecule has 0 aliphatic rings. The Morgan fingerprint density at radius 1 is 1.37 bits per heavy atom. The van der Waals surface area contributed by atoms with E-state index in [1.807, 2.05) is 19.2 Å². The highest BCUT2D eigenvalue weighted by Crippen LogP contribution is 2.15. The van der Waals surface area contributed by atoms with Crippen molar-refractivity contribution in [1.82, 2.24) is 14.8 Å². The summed E-state index contributed by atoms with van der Waals surface area (Å²) in [5.74, 6) is 0. The number of nitrogens with zero attached hydrogens (tertiary/aromatic N) is 3. The molecule has 102 valence electrons. The van der Waals surface area contributed by atoms with Crippen molar-refractivity contribution in [2.75, 3.05) is 0 Å². The van der Waals surface area contributed by atoms with Crippen molar-refractivity contribution in [3.8, 4) is 0 Å². The second-order valence-electron chi connectivity index (χ2n) is 5.17. The molecule has 1 unspecified atom stereocenters. The van der Waals surface area contributed by atoms with Crippen molar-refractivity contribution >= 4 is 0 Å². The molecule has 4 heteroatoms. The average molecular weight is 258 g/mol. The molecule has 0 spiro atoms. The van der Waals surface area contributed by atoms with E-state index >= 15 is 0 Å². The fourth-order valence-electron chi connectivity index (χ4n) is 2.35. The van der Waals surface area contributed by atoms with Crippen molar-refractivity contribution in [3.63, 3.8) is 0 Å². The monoisotopic (exact) mass is 258 g/mol. The van der Waals surface area contributed by atoms with Gasteiger partial charge >= 0.3 is 0 Å². The van der Waals surface area contributed by atoms with E-state index in [-0.39, 0.29) is 6.04 Å². The number of hydrogen-bond donors (Lipinski definition) is 1. The molecular weight excluding hydrogens is 236 g/mol. The van der Waals surface area contributed by atoms with Crippen LogP contribution in [0.15, 0.2) is 24.5 Å². The van der Waals surface area contributed by atoms with Crippen LogP contribution in [0.2, 0.25) is 0 Å². The first-order valence-corrected chi connectivity index (χ1v) is 6.75. The van der Waals surface area contributed by atoms with E-state index in [4.69, 9.17) is 5.73 Å². The molecule has 0 aromatic carbocycles. The Morgan fingerprint density at radius 2 is 2.16 bits per heavy atom. The van der Waals surface area contributed by atoms with Gasteiger partial charge < -0.3 is 5.73 Å². The Labute approximate surface area is 114 Å². The zero-order valence-electron chi connectivity index (χ0n) is 11.9. The highest BCUT2D eigenvalue weighted by Gasteiger charge is 2.12. The first-order chi connectivity index (χ1) is 9.08. The van der Waals surface area contributed by atoms with E-state index in [1.165, 1.54) is 16.8 Å². The fraction of sp³-hybridized carbons (Fsp3) is 0.467. The smallest absolute Gasteiger partial charge is 0.0629 e. The van der Waals surface area contributed by atoms with Gasteiger partial charge in [0.2, 0.25) is 0 Å². The maximum atomic E-state index is 5.89. The standard InChI is InChI=1S/C15H22N4/c1-11(16)9-15-12(2)18-19(13(15)3)8-6-14-5-4-7-17-10-14/h4-5,7,10-11H,6,8-9,16H2,1-3H3. The fourth-order valence-corrected chi connectivity index (χ4v) is 2.35. The van der Waals surface area contributed by atoms with Gasteiger partial charge in [-0.05, 0) is 50.8 Å². The first kappa shape index (κ1) is 13.7. The Balaban J connectivity index is 2.09. The Hall–Kier alpha value is -1.68. The summed E-state index contributed by atoms with van der Waals surface area (Å²) in [4.78, 5) is 4.14. The van der Waals surface area contributed by atoms with Crippen molar-refractivity contribution < 1.29 is 0 Å². The van der Waals surface area contributed by atoms with Gasteiger partial charge in [0.15, 0.2) is 0 Å². The summed E-state index contributed by atoms with van der Waals surface area (Å²) in [6.45, 7) is 7.11. The molecule has 1 atom stereocenters. The minimum Gasteiger partial charge on any atom is -0.328 e. The lowest BCUT2D eigenvalue weighted by Crippen LogP contribution is -2.18. The predicted molar refractivity (Wildman–Crippen MR) is 77.0 cm³/mol. The molecule has 0 bridgehead atoms. The number of hydrogen-bond acceptors (Lipinski definition) is 3. The molecule has 2 aromatic rings. The molecule has 19 heavy (non-hydrogen) atoms. The lowest BCUT2D eigenvalue weighted by molar-refractivity contribution is 0.592. The number of aromatic nitrogens is 3. The second-order valence-corrected chi connectivity index (χ2v) is 5.17. The summed E-state index contributed by atoms with van der Waals surface area (Å²) in [5.41, 5.74) is 10.8. The summed E-state index contributed by atoms with van der Waals surface area (Å²) >= 11 is 0. The summed E-state index contributed by atoms with van der Waals surface area (Å²) < 4.78 is 2.08. The van der Waals surface area contributed by atoms with Crippen LogP contribution in [-0.2, 0) is 19.4 Å². The zero-order chi connectivity index (χ0) is 13.8. The molecule has 2 aromatic heterocycles.